The van der Waals surface area contributed by atoms with E-state index in [9.17, 15) is 13.2 Å². The maximum Gasteiger partial charge on any atom is 0.264 e. The summed E-state index contributed by atoms with van der Waals surface area (Å²) >= 11 is 6.20. The van der Waals surface area contributed by atoms with Gasteiger partial charge in [-0.15, -0.1) is 0 Å². The van der Waals surface area contributed by atoms with Crippen molar-refractivity contribution >= 4 is 33.2 Å². The number of carbonyl (C=O) groups excluding carboxylic acids is 1. The van der Waals surface area contributed by atoms with E-state index in [1.807, 2.05) is 18.2 Å². The number of anilines is 1. The third kappa shape index (κ3) is 3.75. The van der Waals surface area contributed by atoms with Crippen LogP contribution in [-0.2, 0) is 21.2 Å². The Hall–Kier alpha value is -2.25. The van der Waals surface area contributed by atoms with Gasteiger partial charge in [0.25, 0.3) is 15.9 Å². The molecule has 1 amide bonds. The van der Waals surface area contributed by atoms with Crippen LogP contribution in [0, 0.1) is 0 Å². The highest BCUT2D eigenvalue weighted by Gasteiger charge is 2.31. The van der Waals surface area contributed by atoms with E-state index in [1.165, 1.54) is 22.5 Å². The molecule has 0 saturated heterocycles. The van der Waals surface area contributed by atoms with Crippen LogP contribution in [-0.4, -0.2) is 33.5 Å². The second kappa shape index (κ2) is 7.05. The standard InChI is InChI=1S/C19H19ClN2O4S/c20-16-11-15(7-8-18(16)26-12-19(23)21-14-5-6-14)27(24,25)22-10-9-13-3-1-2-4-17(13)22/h1-4,7-8,11,14H,5-6,9-10,12H2,(H,21,23). The fourth-order valence-corrected chi connectivity index (χ4v) is 4.91. The molecule has 1 fully saturated rings. The fraction of sp³-hybridized carbons (Fsp3) is 0.316. The molecule has 1 aliphatic carbocycles. The van der Waals surface area contributed by atoms with Gasteiger partial charge in [0.05, 0.1) is 15.6 Å². The number of ether oxygens (including phenoxy) is 1. The minimum atomic E-state index is -3.72. The third-order valence-corrected chi connectivity index (χ3v) is 6.74. The van der Waals surface area contributed by atoms with E-state index >= 15 is 0 Å². The van der Waals surface area contributed by atoms with Crippen LogP contribution in [0.1, 0.15) is 18.4 Å². The Bertz CT molecular complexity index is 989. The number of nitrogens with one attached hydrogen (secondary N) is 1. The summed E-state index contributed by atoms with van der Waals surface area (Å²) in [6.07, 6.45) is 2.68. The lowest BCUT2D eigenvalue weighted by Crippen LogP contribution is -2.30. The molecule has 27 heavy (non-hydrogen) atoms. The van der Waals surface area contributed by atoms with Gasteiger partial charge in [0, 0.05) is 12.6 Å². The van der Waals surface area contributed by atoms with Gasteiger partial charge in [-0.1, -0.05) is 29.8 Å². The zero-order chi connectivity index (χ0) is 19.0. The maximum atomic E-state index is 13.0. The lowest BCUT2D eigenvalue weighted by atomic mass is 10.2. The molecule has 2 aliphatic rings. The molecule has 0 bridgehead atoms. The Balaban J connectivity index is 1.50. The first-order valence-corrected chi connectivity index (χ1v) is 10.6. The van der Waals surface area contributed by atoms with Crippen molar-refractivity contribution in [2.75, 3.05) is 17.5 Å². The molecule has 0 radical (unpaired) electrons. The highest BCUT2D eigenvalue weighted by atomic mass is 35.5. The minimum absolute atomic E-state index is 0.0963. The first-order chi connectivity index (χ1) is 12.9. The van der Waals surface area contributed by atoms with Crippen LogP contribution >= 0.6 is 11.6 Å². The molecule has 0 unspecified atom stereocenters. The number of nitrogens with zero attached hydrogens (tertiary/aromatic N) is 1. The molecular weight excluding hydrogens is 388 g/mol. The van der Waals surface area contributed by atoms with Crippen LogP contribution in [0.25, 0.3) is 0 Å². The van der Waals surface area contributed by atoms with Crippen molar-refractivity contribution in [3.8, 4) is 5.75 Å². The smallest absolute Gasteiger partial charge is 0.264 e. The molecule has 2 aromatic carbocycles. The number of halogens is 1. The summed E-state index contributed by atoms with van der Waals surface area (Å²) in [6.45, 7) is 0.251. The van der Waals surface area contributed by atoms with Crippen molar-refractivity contribution in [3.05, 3.63) is 53.1 Å². The number of sulfonamides is 1. The zero-order valence-electron chi connectivity index (χ0n) is 14.5. The van der Waals surface area contributed by atoms with E-state index in [2.05, 4.69) is 5.32 Å². The van der Waals surface area contributed by atoms with E-state index in [-0.39, 0.29) is 34.2 Å². The van der Waals surface area contributed by atoms with Crippen molar-refractivity contribution in [2.45, 2.75) is 30.2 Å². The van der Waals surface area contributed by atoms with Crippen molar-refractivity contribution < 1.29 is 17.9 Å². The summed E-state index contributed by atoms with van der Waals surface area (Å²) in [5, 5.41) is 2.97. The number of hydrogen-bond donors (Lipinski definition) is 1. The van der Waals surface area contributed by atoms with Crippen LogP contribution < -0.4 is 14.4 Å². The van der Waals surface area contributed by atoms with Crippen LogP contribution in [0.3, 0.4) is 0 Å². The SMILES string of the molecule is O=C(COc1ccc(S(=O)(=O)N2CCc3ccccc32)cc1Cl)NC1CC1. The number of carbonyl (C=O) groups is 1. The molecule has 6 nitrogen and oxygen atoms in total. The quantitative estimate of drug-likeness (QED) is 0.800. The van der Waals surface area contributed by atoms with Crippen molar-refractivity contribution in [3.63, 3.8) is 0 Å². The molecular formula is C19H19ClN2O4S. The molecule has 142 valence electrons. The molecule has 0 spiro atoms. The first kappa shape index (κ1) is 18.1. The van der Waals surface area contributed by atoms with Gasteiger partial charge in [0.2, 0.25) is 0 Å². The molecule has 1 saturated carbocycles. The van der Waals surface area contributed by atoms with Gasteiger partial charge in [-0.3, -0.25) is 9.10 Å². The summed E-state index contributed by atoms with van der Waals surface area (Å²) in [5.41, 5.74) is 1.71. The predicted molar refractivity (Wildman–Crippen MR) is 103 cm³/mol. The summed E-state index contributed by atoms with van der Waals surface area (Å²) in [7, 11) is -3.72. The maximum absolute atomic E-state index is 13.0. The number of para-hydroxylation sites is 1. The Morgan fingerprint density at radius 2 is 2.00 bits per heavy atom. The number of fused-ring (bicyclic) bond motifs is 1. The number of rotatable bonds is 6. The lowest BCUT2D eigenvalue weighted by molar-refractivity contribution is -0.123. The molecule has 8 heteroatoms. The van der Waals surface area contributed by atoms with Crippen molar-refractivity contribution in [1.82, 2.24) is 5.32 Å². The Morgan fingerprint density at radius 1 is 1.22 bits per heavy atom. The molecule has 0 aromatic heterocycles. The monoisotopic (exact) mass is 406 g/mol. The average molecular weight is 407 g/mol. The first-order valence-electron chi connectivity index (χ1n) is 8.77. The Labute approximate surface area is 163 Å². The van der Waals surface area contributed by atoms with Gasteiger partial charge in [0.15, 0.2) is 6.61 Å². The molecule has 2 aromatic rings. The van der Waals surface area contributed by atoms with E-state index < -0.39 is 10.0 Å². The Kier molecular flexibility index (Phi) is 4.74. The van der Waals surface area contributed by atoms with Crippen LogP contribution in [0.4, 0.5) is 5.69 Å². The molecule has 1 N–H and O–H groups in total. The van der Waals surface area contributed by atoms with Crippen LogP contribution in [0.15, 0.2) is 47.4 Å². The van der Waals surface area contributed by atoms with E-state index in [0.717, 1.165) is 18.4 Å². The normalized spacial score (nSPS) is 16.1. The Morgan fingerprint density at radius 3 is 2.74 bits per heavy atom. The third-order valence-electron chi connectivity index (χ3n) is 4.64. The second-order valence-electron chi connectivity index (χ2n) is 6.68. The van der Waals surface area contributed by atoms with Gasteiger partial charge < -0.3 is 10.1 Å². The second-order valence-corrected chi connectivity index (χ2v) is 8.95. The molecule has 4 rings (SSSR count). The summed E-state index contributed by atoms with van der Waals surface area (Å²) in [4.78, 5) is 11.8. The molecule has 1 heterocycles. The highest BCUT2D eigenvalue weighted by Crippen LogP contribution is 2.35. The van der Waals surface area contributed by atoms with E-state index in [0.29, 0.717) is 18.7 Å². The van der Waals surface area contributed by atoms with E-state index in [1.54, 1.807) is 6.07 Å². The molecule has 0 atom stereocenters. The van der Waals surface area contributed by atoms with Crippen molar-refractivity contribution in [1.29, 1.82) is 0 Å². The largest absolute Gasteiger partial charge is 0.482 e. The summed E-state index contributed by atoms with van der Waals surface area (Å²) in [6, 6.07) is 12.0. The van der Waals surface area contributed by atoms with Gasteiger partial charge in [-0.05, 0) is 49.1 Å². The highest BCUT2D eigenvalue weighted by molar-refractivity contribution is 7.92. The van der Waals surface area contributed by atoms with Gasteiger partial charge in [-0.2, -0.15) is 0 Å². The molecule has 1 aliphatic heterocycles. The average Bonchev–Trinajstić information content (AvgIpc) is 3.34. The lowest BCUT2D eigenvalue weighted by Gasteiger charge is -2.20. The van der Waals surface area contributed by atoms with Crippen LogP contribution in [0.2, 0.25) is 5.02 Å². The summed E-state index contributed by atoms with van der Waals surface area (Å²) in [5.74, 6) is 0.0716. The predicted octanol–water partition coefficient (Wildman–Crippen LogP) is 2.75. The topological polar surface area (TPSA) is 75.7 Å². The zero-order valence-corrected chi connectivity index (χ0v) is 16.1. The van der Waals surface area contributed by atoms with Gasteiger partial charge >= 0.3 is 0 Å². The number of hydrogen-bond acceptors (Lipinski definition) is 4. The van der Waals surface area contributed by atoms with Gasteiger partial charge in [-0.25, -0.2) is 8.42 Å². The fourth-order valence-electron chi connectivity index (χ4n) is 3.08. The summed E-state index contributed by atoms with van der Waals surface area (Å²) < 4.78 is 32.9. The number of benzene rings is 2. The van der Waals surface area contributed by atoms with Crippen LogP contribution in [0.5, 0.6) is 5.75 Å². The van der Waals surface area contributed by atoms with Gasteiger partial charge in [0.1, 0.15) is 5.75 Å². The van der Waals surface area contributed by atoms with Crippen molar-refractivity contribution in [2.24, 2.45) is 0 Å². The number of amides is 1. The van der Waals surface area contributed by atoms with E-state index in [4.69, 9.17) is 16.3 Å². The minimum Gasteiger partial charge on any atom is -0.482 e.